The van der Waals surface area contributed by atoms with Gasteiger partial charge in [0.25, 0.3) is 0 Å². The van der Waals surface area contributed by atoms with Crippen LogP contribution in [0.4, 0.5) is 0 Å². The smallest absolute Gasteiger partial charge is 0.189 e. The average Bonchev–Trinajstić information content (AvgIpc) is 2.77. The van der Waals surface area contributed by atoms with Crippen molar-refractivity contribution in [3.8, 4) is 16.9 Å². The topological polar surface area (TPSA) is 68.1 Å². The molecule has 0 unspecified atom stereocenters. The van der Waals surface area contributed by atoms with E-state index in [4.69, 9.17) is 9.26 Å². The summed E-state index contributed by atoms with van der Waals surface area (Å²) in [7, 11) is 1.58. The van der Waals surface area contributed by atoms with Crippen molar-refractivity contribution >= 4 is 10.9 Å². The van der Waals surface area contributed by atoms with Gasteiger partial charge in [0, 0.05) is 23.2 Å². The van der Waals surface area contributed by atoms with Gasteiger partial charge in [-0.2, -0.15) is 0 Å². The second-order valence-electron chi connectivity index (χ2n) is 4.64. The number of aryl methyl sites for hydroxylation is 2. The van der Waals surface area contributed by atoms with Crippen LogP contribution in [0.3, 0.4) is 0 Å². The lowest BCUT2D eigenvalue weighted by atomic mass is 10.0. The van der Waals surface area contributed by atoms with E-state index in [-0.39, 0.29) is 5.43 Å². The van der Waals surface area contributed by atoms with E-state index in [9.17, 15) is 4.79 Å². The molecule has 5 heteroatoms. The van der Waals surface area contributed by atoms with E-state index in [1.165, 1.54) is 6.07 Å². The minimum Gasteiger partial charge on any atom is -0.496 e. The minimum absolute atomic E-state index is 0.0395. The predicted octanol–water partition coefficient (Wildman–Crippen LogP) is 2.81. The van der Waals surface area contributed by atoms with Crippen molar-refractivity contribution in [3.63, 3.8) is 0 Å². The molecule has 1 N–H and O–H groups in total. The SMILES string of the molecule is COc1cc2c(=O)cc[nH]c2cc1-c1c(C)noc1C. The van der Waals surface area contributed by atoms with Gasteiger partial charge in [0.05, 0.1) is 23.9 Å². The number of methoxy groups -OCH3 is 1. The van der Waals surface area contributed by atoms with Gasteiger partial charge in [-0.1, -0.05) is 5.16 Å². The van der Waals surface area contributed by atoms with Crippen LogP contribution in [0.1, 0.15) is 11.5 Å². The number of fused-ring (bicyclic) bond motifs is 1. The number of H-pyrrole nitrogens is 1. The van der Waals surface area contributed by atoms with Crippen LogP contribution in [0.5, 0.6) is 5.75 Å². The van der Waals surface area contributed by atoms with Crippen LogP contribution in [0.15, 0.2) is 33.7 Å². The molecule has 5 nitrogen and oxygen atoms in total. The summed E-state index contributed by atoms with van der Waals surface area (Å²) in [5, 5.41) is 4.56. The fourth-order valence-electron chi connectivity index (χ4n) is 2.43. The van der Waals surface area contributed by atoms with E-state index in [0.717, 1.165) is 28.1 Å². The van der Waals surface area contributed by atoms with Crippen LogP contribution >= 0.6 is 0 Å². The van der Waals surface area contributed by atoms with Crippen LogP contribution in [0.2, 0.25) is 0 Å². The number of benzene rings is 1. The molecular formula is C15H14N2O3. The van der Waals surface area contributed by atoms with Crippen LogP contribution in [0.25, 0.3) is 22.0 Å². The molecule has 0 bridgehead atoms. The zero-order chi connectivity index (χ0) is 14.3. The first-order valence-electron chi connectivity index (χ1n) is 6.24. The normalized spacial score (nSPS) is 10.9. The molecule has 0 fully saturated rings. The van der Waals surface area contributed by atoms with Crippen LogP contribution in [0, 0.1) is 13.8 Å². The summed E-state index contributed by atoms with van der Waals surface area (Å²) in [6.07, 6.45) is 1.63. The van der Waals surface area contributed by atoms with Crippen molar-refractivity contribution in [1.82, 2.24) is 10.1 Å². The molecule has 102 valence electrons. The van der Waals surface area contributed by atoms with Gasteiger partial charge in [-0.25, -0.2) is 0 Å². The van der Waals surface area contributed by atoms with Gasteiger partial charge in [0.15, 0.2) is 5.43 Å². The number of nitrogens with zero attached hydrogens (tertiary/aromatic N) is 1. The third kappa shape index (κ3) is 1.79. The quantitative estimate of drug-likeness (QED) is 0.777. The molecule has 3 rings (SSSR count). The summed E-state index contributed by atoms with van der Waals surface area (Å²) in [5.41, 5.74) is 3.26. The molecule has 1 aromatic carbocycles. The summed E-state index contributed by atoms with van der Waals surface area (Å²) in [6, 6.07) is 5.13. The fraction of sp³-hybridized carbons (Fsp3) is 0.200. The standard InChI is InChI=1S/C15H14N2O3/c1-8-15(9(2)20-17-8)11-6-12-10(7-14(11)19-3)13(18)4-5-16-12/h4-7H,1-3H3,(H,16,18). The van der Waals surface area contributed by atoms with Crippen molar-refractivity contribution < 1.29 is 9.26 Å². The Labute approximate surface area is 115 Å². The largest absolute Gasteiger partial charge is 0.496 e. The molecule has 0 radical (unpaired) electrons. The van der Waals surface area contributed by atoms with Crippen molar-refractivity contribution in [2.24, 2.45) is 0 Å². The van der Waals surface area contributed by atoms with Crippen molar-refractivity contribution in [2.45, 2.75) is 13.8 Å². The van der Waals surface area contributed by atoms with E-state index in [1.807, 2.05) is 19.9 Å². The lowest BCUT2D eigenvalue weighted by Crippen LogP contribution is -2.01. The molecule has 2 heterocycles. The number of nitrogens with one attached hydrogen (secondary N) is 1. The first-order valence-corrected chi connectivity index (χ1v) is 6.24. The molecule has 0 saturated heterocycles. The predicted molar refractivity (Wildman–Crippen MR) is 76.1 cm³/mol. The van der Waals surface area contributed by atoms with E-state index in [1.54, 1.807) is 19.4 Å². The van der Waals surface area contributed by atoms with E-state index in [2.05, 4.69) is 10.1 Å². The van der Waals surface area contributed by atoms with Gasteiger partial charge >= 0.3 is 0 Å². The molecule has 0 saturated carbocycles. The van der Waals surface area contributed by atoms with Crippen LogP contribution in [-0.4, -0.2) is 17.3 Å². The maximum absolute atomic E-state index is 11.9. The van der Waals surface area contributed by atoms with Gasteiger partial charge in [-0.3, -0.25) is 4.79 Å². The average molecular weight is 270 g/mol. The zero-order valence-electron chi connectivity index (χ0n) is 11.5. The third-order valence-corrected chi connectivity index (χ3v) is 3.38. The maximum atomic E-state index is 11.9. The molecule has 20 heavy (non-hydrogen) atoms. The maximum Gasteiger partial charge on any atom is 0.189 e. The molecule has 0 aliphatic carbocycles. The summed E-state index contributed by atoms with van der Waals surface area (Å²) < 4.78 is 10.6. The molecule has 3 aromatic rings. The van der Waals surface area contributed by atoms with E-state index in [0.29, 0.717) is 11.1 Å². The number of hydrogen-bond acceptors (Lipinski definition) is 4. The Hall–Kier alpha value is -2.56. The van der Waals surface area contributed by atoms with Crippen LogP contribution in [-0.2, 0) is 0 Å². The molecule has 0 aliphatic heterocycles. The Bertz CT molecular complexity index is 826. The van der Waals surface area contributed by atoms with Gasteiger partial charge in [-0.05, 0) is 26.0 Å². The second kappa shape index (κ2) is 4.52. The van der Waals surface area contributed by atoms with Crippen LogP contribution < -0.4 is 10.2 Å². The summed E-state index contributed by atoms with van der Waals surface area (Å²) in [4.78, 5) is 14.9. The molecule has 0 atom stereocenters. The first kappa shape index (κ1) is 12.5. The second-order valence-corrected chi connectivity index (χ2v) is 4.64. The highest BCUT2D eigenvalue weighted by atomic mass is 16.5. The molecule has 0 spiro atoms. The number of aromatic nitrogens is 2. The first-order chi connectivity index (χ1) is 9.61. The number of pyridine rings is 1. The Kier molecular flexibility index (Phi) is 2.82. The fourth-order valence-corrected chi connectivity index (χ4v) is 2.43. The number of aromatic amines is 1. The highest BCUT2D eigenvalue weighted by Crippen LogP contribution is 2.36. The Morgan fingerprint density at radius 2 is 2.10 bits per heavy atom. The number of rotatable bonds is 2. The zero-order valence-corrected chi connectivity index (χ0v) is 11.5. The Balaban J connectivity index is 2.39. The van der Waals surface area contributed by atoms with Gasteiger partial charge < -0.3 is 14.2 Å². The Morgan fingerprint density at radius 3 is 2.75 bits per heavy atom. The lowest BCUT2D eigenvalue weighted by molar-refractivity contribution is 0.393. The van der Waals surface area contributed by atoms with Gasteiger partial charge in [0.2, 0.25) is 0 Å². The number of ether oxygens (including phenoxy) is 1. The number of hydrogen-bond donors (Lipinski definition) is 1. The molecule has 0 amide bonds. The van der Waals surface area contributed by atoms with E-state index < -0.39 is 0 Å². The summed E-state index contributed by atoms with van der Waals surface area (Å²) >= 11 is 0. The van der Waals surface area contributed by atoms with E-state index >= 15 is 0 Å². The van der Waals surface area contributed by atoms with Gasteiger partial charge in [-0.15, -0.1) is 0 Å². The highest BCUT2D eigenvalue weighted by molar-refractivity contribution is 5.88. The molecular weight excluding hydrogens is 256 g/mol. The molecule has 0 aliphatic rings. The van der Waals surface area contributed by atoms with Crippen molar-refractivity contribution in [1.29, 1.82) is 0 Å². The summed E-state index contributed by atoms with van der Waals surface area (Å²) in [6.45, 7) is 3.73. The van der Waals surface area contributed by atoms with Gasteiger partial charge in [0.1, 0.15) is 11.5 Å². The summed E-state index contributed by atoms with van der Waals surface area (Å²) in [5.74, 6) is 1.35. The van der Waals surface area contributed by atoms with Crippen molar-refractivity contribution in [2.75, 3.05) is 7.11 Å². The highest BCUT2D eigenvalue weighted by Gasteiger charge is 2.17. The monoisotopic (exact) mass is 270 g/mol. The Morgan fingerprint density at radius 1 is 1.30 bits per heavy atom. The lowest BCUT2D eigenvalue weighted by Gasteiger charge is -2.10. The third-order valence-electron chi connectivity index (χ3n) is 3.38. The minimum atomic E-state index is -0.0395. The molecule has 2 aromatic heterocycles. The van der Waals surface area contributed by atoms with Crippen molar-refractivity contribution in [3.05, 3.63) is 46.1 Å².